The highest BCUT2D eigenvalue weighted by Gasteiger charge is 2.25. The molecule has 0 spiro atoms. The van der Waals surface area contributed by atoms with E-state index in [-0.39, 0.29) is 5.78 Å². The summed E-state index contributed by atoms with van der Waals surface area (Å²) < 4.78 is 0. The summed E-state index contributed by atoms with van der Waals surface area (Å²) >= 11 is 0. The molecule has 0 amide bonds. The molecule has 0 unspecified atom stereocenters. The van der Waals surface area contributed by atoms with E-state index in [2.05, 4.69) is 26.3 Å². The summed E-state index contributed by atoms with van der Waals surface area (Å²) in [6.07, 6.45) is 9.95. The van der Waals surface area contributed by atoms with Gasteiger partial charge in [-0.2, -0.15) is 0 Å². The van der Waals surface area contributed by atoms with Crippen LogP contribution in [0.2, 0.25) is 0 Å². The fraction of sp³-hybridized carbons (Fsp3) is 0. The lowest BCUT2D eigenvalue weighted by atomic mass is 10.1. The van der Waals surface area contributed by atoms with Crippen LogP contribution in [-0.2, 0) is 4.79 Å². The van der Waals surface area contributed by atoms with Crippen LogP contribution in [0.15, 0.2) is 85.1 Å². The number of carbonyl (C=O) groups excluding carboxylic acids is 1. The smallest absolute Gasteiger partial charge is 0.194 e. The Labute approximate surface area is 96.2 Å². The minimum absolute atomic E-state index is 0.0436. The fourth-order valence-electron chi connectivity index (χ4n) is 1.65. The molecule has 1 heteroatoms. The van der Waals surface area contributed by atoms with Crippen molar-refractivity contribution < 1.29 is 4.79 Å². The maximum atomic E-state index is 12.0. The van der Waals surface area contributed by atoms with Crippen molar-refractivity contribution in [3.63, 3.8) is 0 Å². The van der Waals surface area contributed by atoms with E-state index in [4.69, 9.17) is 0 Å². The molecule has 0 saturated heterocycles. The van der Waals surface area contributed by atoms with Gasteiger partial charge in [0.05, 0.1) is 0 Å². The molecule has 1 nitrogen and oxygen atoms in total. The lowest BCUT2D eigenvalue weighted by molar-refractivity contribution is -0.111. The highest BCUT2D eigenvalue weighted by molar-refractivity contribution is 6.17. The summed E-state index contributed by atoms with van der Waals surface area (Å²) in [5.41, 5.74) is 2.78. The van der Waals surface area contributed by atoms with Gasteiger partial charge < -0.3 is 0 Å². The monoisotopic (exact) mass is 210 g/mol. The first-order chi connectivity index (χ1) is 7.71. The Bertz CT molecular complexity index is 468. The zero-order valence-corrected chi connectivity index (χ0v) is 9.20. The minimum Gasteiger partial charge on any atom is -0.289 e. The quantitative estimate of drug-likeness (QED) is 0.635. The molecule has 80 valence electrons. The zero-order valence-electron chi connectivity index (χ0n) is 9.20. The van der Waals surface area contributed by atoms with E-state index in [1.165, 1.54) is 0 Å². The number of hydrogen-bond donors (Lipinski definition) is 0. The summed E-state index contributed by atoms with van der Waals surface area (Å²) in [6.45, 7) is 14.6. The molecule has 0 atom stereocenters. The van der Waals surface area contributed by atoms with Crippen molar-refractivity contribution in [2.24, 2.45) is 0 Å². The van der Waals surface area contributed by atoms with Gasteiger partial charge in [0.25, 0.3) is 0 Å². The van der Waals surface area contributed by atoms with Crippen molar-refractivity contribution in [3.05, 3.63) is 85.1 Å². The largest absolute Gasteiger partial charge is 0.289 e. The van der Waals surface area contributed by atoms with E-state index < -0.39 is 0 Å². The Kier molecular flexibility index (Phi) is 3.78. The van der Waals surface area contributed by atoms with Crippen LogP contribution in [0.1, 0.15) is 0 Å². The molecular formula is C15H14O. The van der Waals surface area contributed by atoms with Crippen molar-refractivity contribution in [1.82, 2.24) is 0 Å². The van der Waals surface area contributed by atoms with Gasteiger partial charge in [-0.15, -0.1) is 0 Å². The standard InChI is InChI=1S/C15H14O/c1-5-9-10-14-12(7-3)11(6-2)13(8-4)15(14)16/h5-10H,1-4H2/b10-9-. The van der Waals surface area contributed by atoms with Crippen LogP contribution in [0.25, 0.3) is 0 Å². The average Bonchev–Trinajstić information content (AvgIpc) is 2.57. The molecule has 0 aromatic heterocycles. The van der Waals surface area contributed by atoms with Gasteiger partial charge in [-0.05, 0) is 11.1 Å². The second-order valence-corrected chi connectivity index (χ2v) is 3.19. The topological polar surface area (TPSA) is 17.1 Å². The highest BCUT2D eigenvalue weighted by atomic mass is 16.1. The average molecular weight is 210 g/mol. The highest BCUT2D eigenvalue weighted by Crippen LogP contribution is 2.32. The molecule has 1 aliphatic carbocycles. The normalized spacial score (nSPS) is 15.9. The molecule has 0 aromatic rings. The molecule has 0 saturated carbocycles. The van der Waals surface area contributed by atoms with Crippen LogP contribution in [0.5, 0.6) is 0 Å². The predicted octanol–water partition coefficient (Wildman–Crippen LogP) is 3.46. The molecule has 1 aliphatic rings. The third-order valence-electron chi connectivity index (χ3n) is 2.37. The SMILES string of the molecule is C=C/C=C\C1=C(C=C)C(C=C)=C(C=C)C1=O. The second kappa shape index (κ2) is 5.08. The number of carbonyl (C=O) groups is 1. The first-order valence-corrected chi connectivity index (χ1v) is 4.91. The van der Waals surface area contributed by atoms with Gasteiger partial charge in [-0.25, -0.2) is 0 Å². The molecule has 0 aromatic carbocycles. The first-order valence-electron chi connectivity index (χ1n) is 4.91. The fourth-order valence-corrected chi connectivity index (χ4v) is 1.65. The molecule has 0 N–H and O–H groups in total. The molecule has 0 heterocycles. The molecule has 0 aliphatic heterocycles. The molecule has 0 fully saturated rings. The lowest BCUT2D eigenvalue weighted by Crippen LogP contribution is -1.98. The van der Waals surface area contributed by atoms with Crippen LogP contribution in [-0.4, -0.2) is 5.78 Å². The summed E-state index contributed by atoms with van der Waals surface area (Å²) in [6, 6.07) is 0. The van der Waals surface area contributed by atoms with E-state index >= 15 is 0 Å². The van der Waals surface area contributed by atoms with Crippen LogP contribution >= 0.6 is 0 Å². The number of rotatable bonds is 5. The Morgan fingerprint density at radius 3 is 1.69 bits per heavy atom. The first kappa shape index (κ1) is 11.9. The molecular weight excluding hydrogens is 196 g/mol. The van der Waals surface area contributed by atoms with Gasteiger partial charge in [-0.1, -0.05) is 62.8 Å². The van der Waals surface area contributed by atoms with Gasteiger partial charge in [0.1, 0.15) is 0 Å². The molecule has 1 rings (SSSR count). The zero-order chi connectivity index (χ0) is 12.1. The van der Waals surface area contributed by atoms with E-state index in [0.29, 0.717) is 11.1 Å². The van der Waals surface area contributed by atoms with Crippen molar-refractivity contribution in [2.75, 3.05) is 0 Å². The Hall–Kier alpha value is -2.15. The van der Waals surface area contributed by atoms with E-state index in [0.717, 1.165) is 11.1 Å². The van der Waals surface area contributed by atoms with Gasteiger partial charge in [0.2, 0.25) is 0 Å². The van der Waals surface area contributed by atoms with Gasteiger partial charge in [0, 0.05) is 11.1 Å². The van der Waals surface area contributed by atoms with Gasteiger partial charge >= 0.3 is 0 Å². The maximum Gasteiger partial charge on any atom is 0.194 e. The van der Waals surface area contributed by atoms with Crippen LogP contribution in [0.4, 0.5) is 0 Å². The second-order valence-electron chi connectivity index (χ2n) is 3.19. The summed E-state index contributed by atoms with van der Waals surface area (Å²) in [5.74, 6) is -0.0436. The number of Topliss-reactive ketones (excluding diaryl/α,β-unsaturated/α-hetero) is 1. The van der Waals surface area contributed by atoms with Crippen LogP contribution < -0.4 is 0 Å². The molecule has 16 heavy (non-hydrogen) atoms. The van der Waals surface area contributed by atoms with Gasteiger partial charge in [0.15, 0.2) is 5.78 Å². The molecule has 0 bridgehead atoms. The van der Waals surface area contributed by atoms with Gasteiger partial charge in [-0.3, -0.25) is 4.79 Å². The Morgan fingerprint density at radius 1 is 0.750 bits per heavy atom. The van der Waals surface area contributed by atoms with Crippen LogP contribution in [0.3, 0.4) is 0 Å². The van der Waals surface area contributed by atoms with E-state index in [1.807, 2.05) is 0 Å². The van der Waals surface area contributed by atoms with Crippen molar-refractivity contribution in [2.45, 2.75) is 0 Å². The minimum atomic E-state index is -0.0436. The lowest BCUT2D eigenvalue weighted by Gasteiger charge is -1.98. The van der Waals surface area contributed by atoms with Crippen molar-refractivity contribution in [3.8, 4) is 0 Å². The van der Waals surface area contributed by atoms with Crippen molar-refractivity contribution in [1.29, 1.82) is 0 Å². The number of allylic oxidation sites excluding steroid dienone is 10. The number of hydrogen-bond acceptors (Lipinski definition) is 1. The predicted molar refractivity (Wildman–Crippen MR) is 69.0 cm³/mol. The maximum absolute atomic E-state index is 12.0. The third-order valence-corrected chi connectivity index (χ3v) is 2.37. The Balaban J connectivity index is 3.40. The third kappa shape index (κ3) is 1.80. The van der Waals surface area contributed by atoms with Crippen LogP contribution in [0, 0.1) is 0 Å². The van der Waals surface area contributed by atoms with E-state index in [9.17, 15) is 4.79 Å². The Morgan fingerprint density at radius 2 is 1.25 bits per heavy atom. The van der Waals surface area contributed by atoms with E-state index in [1.54, 1.807) is 36.5 Å². The van der Waals surface area contributed by atoms with Crippen molar-refractivity contribution >= 4 is 5.78 Å². The summed E-state index contributed by atoms with van der Waals surface area (Å²) in [5, 5.41) is 0. The number of ketones is 1. The molecule has 0 radical (unpaired) electrons. The summed E-state index contributed by atoms with van der Waals surface area (Å²) in [4.78, 5) is 12.0. The summed E-state index contributed by atoms with van der Waals surface area (Å²) in [7, 11) is 0.